The molecular formula is C13H21FN2O2. The monoisotopic (exact) mass is 256 g/mol. The van der Waals surface area contributed by atoms with Crippen LogP contribution in [-0.4, -0.2) is 20.3 Å². The molecule has 1 aromatic carbocycles. The topological polar surface area (TPSA) is 56.5 Å². The van der Waals surface area contributed by atoms with Crippen molar-refractivity contribution < 1.29 is 13.9 Å². The van der Waals surface area contributed by atoms with Gasteiger partial charge in [0, 0.05) is 24.8 Å². The molecule has 1 aromatic rings. The number of hydrogen-bond acceptors (Lipinski definition) is 4. The predicted molar refractivity (Wildman–Crippen MR) is 68.7 cm³/mol. The molecule has 0 bridgehead atoms. The number of hydrazine groups is 1. The highest BCUT2D eigenvalue weighted by atomic mass is 19.1. The van der Waals surface area contributed by atoms with E-state index in [1.807, 2.05) is 6.92 Å². The second-order valence-electron chi connectivity index (χ2n) is 4.01. The van der Waals surface area contributed by atoms with E-state index in [0.29, 0.717) is 30.9 Å². The van der Waals surface area contributed by atoms with Crippen LogP contribution in [0.15, 0.2) is 18.2 Å². The molecule has 0 amide bonds. The first-order valence-electron chi connectivity index (χ1n) is 6.10. The Balaban J connectivity index is 2.63. The number of hydrogen-bond donors (Lipinski definition) is 2. The molecule has 0 spiro atoms. The van der Waals surface area contributed by atoms with Crippen LogP contribution < -0.4 is 16.0 Å². The molecule has 0 aliphatic carbocycles. The quantitative estimate of drug-likeness (QED) is 0.425. The first-order valence-corrected chi connectivity index (χ1v) is 6.10. The van der Waals surface area contributed by atoms with Gasteiger partial charge in [-0.05, 0) is 18.9 Å². The summed E-state index contributed by atoms with van der Waals surface area (Å²) >= 11 is 0. The number of nitrogens with one attached hydrogen (secondary N) is 1. The average molecular weight is 256 g/mol. The van der Waals surface area contributed by atoms with Crippen LogP contribution in [0.5, 0.6) is 5.75 Å². The maximum absolute atomic E-state index is 13.8. The Morgan fingerprint density at radius 2 is 2.17 bits per heavy atom. The van der Waals surface area contributed by atoms with Gasteiger partial charge in [0.1, 0.15) is 11.6 Å². The largest absolute Gasteiger partial charge is 0.497 e. The van der Waals surface area contributed by atoms with E-state index in [-0.39, 0.29) is 11.9 Å². The maximum atomic E-state index is 13.8. The summed E-state index contributed by atoms with van der Waals surface area (Å²) < 4.78 is 24.2. The van der Waals surface area contributed by atoms with Crippen molar-refractivity contribution in [2.45, 2.75) is 25.8 Å². The summed E-state index contributed by atoms with van der Waals surface area (Å²) in [6.45, 7) is 3.30. The van der Waals surface area contributed by atoms with Crippen molar-refractivity contribution in [1.29, 1.82) is 0 Å². The van der Waals surface area contributed by atoms with Gasteiger partial charge in [0.2, 0.25) is 0 Å². The second kappa shape index (κ2) is 8.02. The lowest BCUT2D eigenvalue weighted by molar-refractivity contribution is 0.124. The smallest absolute Gasteiger partial charge is 0.131 e. The molecule has 0 saturated heterocycles. The van der Waals surface area contributed by atoms with E-state index in [4.69, 9.17) is 15.3 Å². The van der Waals surface area contributed by atoms with Crippen LogP contribution in [0.3, 0.4) is 0 Å². The van der Waals surface area contributed by atoms with Crippen LogP contribution in [0.25, 0.3) is 0 Å². The van der Waals surface area contributed by atoms with Gasteiger partial charge >= 0.3 is 0 Å². The number of benzene rings is 1. The van der Waals surface area contributed by atoms with Gasteiger partial charge in [0.25, 0.3) is 0 Å². The van der Waals surface area contributed by atoms with Gasteiger partial charge in [0.05, 0.1) is 13.2 Å². The highest BCUT2D eigenvalue weighted by Gasteiger charge is 2.14. The molecule has 0 aliphatic heterocycles. The van der Waals surface area contributed by atoms with Crippen molar-refractivity contribution in [3.63, 3.8) is 0 Å². The van der Waals surface area contributed by atoms with Gasteiger partial charge in [-0.25, -0.2) is 4.39 Å². The van der Waals surface area contributed by atoms with E-state index in [2.05, 4.69) is 5.43 Å². The highest BCUT2D eigenvalue weighted by molar-refractivity contribution is 5.30. The van der Waals surface area contributed by atoms with Crippen LogP contribution in [-0.2, 0) is 4.74 Å². The maximum Gasteiger partial charge on any atom is 0.131 e. The molecule has 5 heteroatoms. The Labute approximate surface area is 107 Å². The van der Waals surface area contributed by atoms with Gasteiger partial charge < -0.3 is 9.47 Å². The van der Waals surface area contributed by atoms with E-state index in [1.54, 1.807) is 12.1 Å². The van der Waals surface area contributed by atoms with Gasteiger partial charge in [-0.2, -0.15) is 0 Å². The van der Waals surface area contributed by atoms with Crippen molar-refractivity contribution in [2.24, 2.45) is 5.84 Å². The molecule has 1 unspecified atom stereocenters. The third-order valence-corrected chi connectivity index (χ3v) is 2.68. The minimum Gasteiger partial charge on any atom is -0.497 e. The normalized spacial score (nSPS) is 12.4. The van der Waals surface area contributed by atoms with Gasteiger partial charge in [-0.1, -0.05) is 13.0 Å². The van der Waals surface area contributed by atoms with E-state index >= 15 is 0 Å². The lowest BCUT2D eigenvalue weighted by Crippen LogP contribution is -2.29. The number of halogens is 1. The van der Waals surface area contributed by atoms with Gasteiger partial charge in [0.15, 0.2) is 0 Å². The number of rotatable bonds is 8. The van der Waals surface area contributed by atoms with E-state index in [1.165, 1.54) is 13.2 Å². The molecule has 0 fully saturated rings. The number of ether oxygens (including phenoxy) is 2. The molecule has 0 radical (unpaired) electrons. The molecule has 18 heavy (non-hydrogen) atoms. The third kappa shape index (κ3) is 4.25. The first kappa shape index (κ1) is 14.9. The fourth-order valence-electron chi connectivity index (χ4n) is 1.69. The Hall–Kier alpha value is -1.17. The third-order valence-electron chi connectivity index (χ3n) is 2.68. The lowest BCUT2D eigenvalue weighted by atomic mass is 10.0. The van der Waals surface area contributed by atoms with E-state index in [9.17, 15) is 4.39 Å². The Bertz CT molecular complexity index is 361. The molecule has 4 nitrogen and oxygen atoms in total. The lowest BCUT2D eigenvalue weighted by Gasteiger charge is -2.17. The van der Waals surface area contributed by atoms with Crippen LogP contribution in [0.4, 0.5) is 4.39 Å². The molecule has 0 aliphatic rings. The van der Waals surface area contributed by atoms with Crippen molar-refractivity contribution in [3.8, 4) is 5.75 Å². The van der Waals surface area contributed by atoms with Gasteiger partial charge in [-0.3, -0.25) is 11.3 Å². The standard InChI is InChI=1S/C13H21FN2O2/c1-3-7-18-8-6-13(16-15)11-5-4-10(17-2)9-12(11)14/h4-5,9,13,16H,3,6-8,15H2,1-2H3. The summed E-state index contributed by atoms with van der Waals surface area (Å²) in [6.07, 6.45) is 1.59. The Kier molecular flexibility index (Phi) is 6.64. The fourth-order valence-corrected chi connectivity index (χ4v) is 1.69. The average Bonchev–Trinajstić information content (AvgIpc) is 2.39. The van der Waals surface area contributed by atoms with Gasteiger partial charge in [-0.15, -0.1) is 0 Å². The summed E-state index contributed by atoms with van der Waals surface area (Å²) in [5, 5.41) is 0. The highest BCUT2D eigenvalue weighted by Crippen LogP contribution is 2.23. The summed E-state index contributed by atoms with van der Waals surface area (Å²) in [7, 11) is 1.51. The van der Waals surface area contributed by atoms with Crippen molar-refractivity contribution >= 4 is 0 Å². The zero-order chi connectivity index (χ0) is 13.4. The molecule has 0 heterocycles. The minimum absolute atomic E-state index is 0.257. The van der Waals surface area contributed by atoms with E-state index in [0.717, 1.165) is 6.42 Å². The Morgan fingerprint density at radius 3 is 2.72 bits per heavy atom. The van der Waals surface area contributed by atoms with Crippen molar-refractivity contribution in [2.75, 3.05) is 20.3 Å². The predicted octanol–water partition coefficient (Wildman–Crippen LogP) is 2.16. The first-order chi connectivity index (χ1) is 8.72. The van der Waals surface area contributed by atoms with Crippen molar-refractivity contribution in [1.82, 2.24) is 5.43 Å². The van der Waals surface area contributed by atoms with Crippen LogP contribution >= 0.6 is 0 Å². The minimum atomic E-state index is -0.326. The SMILES string of the molecule is CCCOCCC(NN)c1ccc(OC)cc1F. The summed E-state index contributed by atoms with van der Waals surface area (Å²) in [5.74, 6) is 5.62. The van der Waals surface area contributed by atoms with Crippen LogP contribution in [0, 0.1) is 5.82 Å². The molecule has 3 N–H and O–H groups in total. The number of methoxy groups -OCH3 is 1. The molecule has 0 aromatic heterocycles. The van der Waals surface area contributed by atoms with Crippen LogP contribution in [0.1, 0.15) is 31.4 Å². The summed E-state index contributed by atoms with van der Waals surface area (Å²) in [6, 6.07) is 4.49. The zero-order valence-electron chi connectivity index (χ0n) is 10.9. The number of nitrogens with two attached hydrogens (primary N) is 1. The van der Waals surface area contributed by atoms with E-state index < -0.39 is 0 Å². The fraction of sp³-hybridized carbons (Fsp3) is 0.538. The van der Waals surface area contributed by atoms with Crippen molar-refractivity contribution in [3.05, 3.63) is 29.6 Å². The second-order valence-corrected chi connectivity index (χ2v) is 4.01. The molecule has 1 rings (SSSR count). The Morgan fingerprint density at radius 1 is 1.39 bits per heavy atom. The molecule has 0 saturated carbocycles. The zero-order valence-corrected chi connectivity index (χ0v) is 10.9. The summed E-state index contributed by atoms with van der Waals surface area (Å²) in [4.78, 5) is 0. The molecular weight excluding hydrogens is 235 g/mol. The summed E-state index contributed by atoms with van der Waals surface area (Å²) in [5.41, 5.74) is 3.14. The molecule has 102 valence electrons. The molecule has 1 atom stereocenters. The van der Waals surface area contributed by atoms with Crippen LogP contribution in [0.2, 0.25) is 0 Å².